The van der Waals surface area contributed by atoms with E-state index in [1.165, 1.54) is 0 Å². The fourth-order valence-corrected chi connectivity index (χ4v) is 1.54. The number of nitrogens with two attached hydrogens (primary N) is 1. The number of halogens is 1. The second-order valence-electron chi connectivity index (χ2n) is 3.59. The van der Waals surface area contributed by atoms with Gasteiger partial charge < -0.3 is 11.1 Å². The van der Waals surface area contributed by atoms with Gasteiger partial charge in [0, 0.05) is 22.0 Å². The van der Waals surface area contributed by atoms with Crippen LogP contribution >= 0.6 is 11.6 Å². The molecule has 4 heteroatoms. The lowest BCUT2D eigenvalue weighted by Gasteiger charge is -2.05. The van der Waals surface area contributed by atoms with Crippen molar-refractivity contribution in [2.24, 2.45) is 0 Å². The van der Waals surface area contributed by atoms with E-state index < -0.39 is 0 Å². The summed E-state index contributed by atoms with van der Waals surface area (Å²) in [6, 6.07) is 13.7. The number of amides is 1. The molecular formula is C13H11ClN2O. The van der Waals surface area contributed by atoms with Gasteiger partial charge in [-0.2, -0.15) is 0 Å². The smallest absolute Gasteiger partial charge is 0.255 e. The Morgan fingerprint density at radius 3 is 2.47 bits per heavy atom. The van der Waals surface area contributed by atoms with Crippen molar-refractivity contribution in [3.05, 3.63) is 59.1 Å². The van der Waals surface area contributed by atoms with Crippen LogP contribution in [0.5, 0.6) is 0 Å². The standard InChI is InChI=1S/C13H11ClN2O/c14-10-4-6-12(7-5-10)16-13(17)9-2-1-3-11(15)8-9/h1-8H,15H2,(H,16,17). The van der Waals surface area contributed by atoms with Crippen LogP contribution in [0.25, 0.3) is 0 Å². The van der Waals surface area contributed by atoms with Crippen LogP contribution < -0.4 is 11.1 Å². The second-order valence-corrected chi connectivity index (χ2v) is 4.02. The van der Waals surface area contributed by atoms with Crippen LogP contribution in [-0.4, -0.2) is 5.91 Å². The molecule has 0 bridgehead atoms. The van der Waals surface area contributed by atoms with Gasteiger partial charge in [0.2, 0.25) is 0 Å². The Labute approximate surface area is 104 Å². The van der Waals surface area contributed by atoms with E-state index in [9.17, 15) is 4.79 Å². The van der Waals surface area contributed by atoms with Gasteiger partial charge in [0.15, 0.2) is 0 Å². The van der Waals surface area contributed by atoms with Gasteiger partial charge in [-0.25, -0.2) is 0 Å². The zero-order valence-corrected chi connectivity index (χ0v) is 9.74. The van der Waals surface area contributed by atoms with Crippen LogP contribution in [0.3, 0.4) is 0 Å². The first kappa shape index (κ1) is 11.5. The zero-order chi connectivity index (χ0) is 12.3. The van der Waals surface area contributed by atoms with Gasteiger partial charge >= 0.3 is 0 Å². The lowest BCUT2D eigenvalue weighted by Crippen LogP contribution is -2.11. The highest BCUT2D eigenvalue weighted by Gasteiger charge is 2.05. The molecule has 0 saturated carbocycles. The predicted molar refractivity (Wildman–Crippen MR) is 70.3 cm³/mol. The van der Waals surface area contributed by atoms with Crippen LogP contribution in [0, 0.1) is 0 Å². The number of rotatable bonds is 2. The molecule has 0 heterocycles. The number of nitrogen functional groups attached to an aromatic ring is 1. The van der Waals surface area contributed by atoms with E-state index in [2.05, 4.69) is 5.32 Å². The van der Waals surface area contributed by atoms with Gasteiger partial charge in [0.05, 0.1) is 0 Å². The summed E-state index contributed by atoms with van der Waals surface area (Å²) in [4.78, 5) is 11.9. The summed E-state index contributed by atoms with van der Waals surface area (Å²) < 4.78 is 0. The van der Waals surface area contributed by atoms with Gasteiger partial charge in [-0.1, -0.05) is 17.7 Å². The average molecular weight is 247 g/mol. The number of hydrogen-bond acceptors (Lipinski definition) is 2. The summed E-state index contributed by atoms with van der Waals surface area (Å²) >= 11 is 5.76. The molecule has 0 aromatic heterocycles. The van der Waals surface area contributed by atoms with Gasteiger partial charge in [-0.15, -0.1) is 0 Å². The van der Waals surface area contributed by atoms with E-state index in [-0.39, 0.29) is 5.91 Å². The van der Waals surface area contributed by atoms with Crippen molar-refractivity contribution in [2.45, 2.75) is 0 Å². The topological polar surface area (TPSA) is 55.1 Å². The van der Waals surface area contributed by atoms with Crippen molar-refractivity contribution in [3.63, 3.8) is 0 Å². The number of nitrogens with one attached hydrogen (secondary N) is 1. The first-order valence-corrected chi connectivity index (χ1v) is 5.45. The molecule has 3 nitrogen and oxygen atoms in total. The Balaban J connectivity index is 2.14. The third-order valence-electron chi connectivity index (χ3n) is 2.25. The van der Waals surface area contributed by atoms with Gasteiger partial charge in [0.25, 0.3) is 5.91 Å². The molecule has 2 aromatic rings. The highest BCUT2D eigenvalue weighted by atomic mass is 35.5. The Hall–Kier alpha value is -2.00. The first-order valence-electron chi connectivity index (χ1n) is 5.07. The number of benzene rings is 2. The molecule has 0 atom stereocenters. The molecular weight excluding hydrogens is 236 g/mol. The highest BCUT2D eigenvalue weighted by molar-refractivity contribution is 6.30. The molecule has 17 heavy (non-hydrogen) atoms. The first-order chi connectivity index (χ1) is 8.15. The monoisotopic (exact) mass is 246 g/mol. The molecule has 0 spiro atoms. The maximum absolute atomic E-state index is 11.9. The SMILES string of the molecule is Nc1cccc(C(=O)Nc2ccc(Cl)cc2)c1. The van der Waals surface area contributed by atoms with E-state index in [1.807, 2.05) is 0 Å². The number of anilines is 2. The number of hydrogen-bond donors (Lipinski definition) is 2. The van der Waals surface area contributed by atoms with Crippen molar-refractivity contribution in [3.8, 4) is 0 Å². The molecule has 0 unspecified atom stereocenters. The summed E-state index contributed by atoms with van der Waals surface area (Å²) in [5.41, 5.74) is 7.40. The Morgan fingerprint density at radius 1 is 1.12 bits per heavy atom. The molecule has 2 rings (SSSR count). The summed E-state index contributed by atoms with van der Waals surface area (Å²) in [6.45, 7) is 0. The van der Waals surface area contributed by atoms with Crippen LogP contribution in [0.15, 0.2) is 48.5 Å². The summed E-state index contributed by atoms with van der Waals surface area (Å²) in [7, 11) is 0. The van der Waals surface area contributed by atoms with E-state index >= 15 is 0 Å². The molecule has 0 aliphatic heterocycles. The highest BCUT2D eigenvalue weighted by Crippen LogP contribution is 2.15. The molecule has 0 aliphatic rings. The van der Waals surface area contributed by atoms with E-state index in [1.54, 1.807) is 48.5 Å². The average Bonchev–Trinajstić information content (AvgIpc) is 2.32. The molecule has 2 aromatic carbocycles. The van der Waals surface area contributed by atoms with E-state index in [0.717, 1.165) is 0 Å². The molecule has 0 aliphatic carbocycles. The Morgan fingerprint density at radius 2 is 1.82 bits per heavy atom. The summed E-state index contributed by atoms with van der Waals surface area (Å²) in [5, 5.41) is 3.39. The third-order valence-corrected chi connectivity index (χ3v) is 2.50. The fourth-order valence-electron chi connectivity index (χ4n) is 1.42. The van der Waals surface area contributed by atoms with Crippen molar-refractivity contribution >= 4 is 28.9 Å². The van der Waals surface area contributed by atoms with Crippen molar-refractivity contribution in [1.82, 2.24) is 0 Å². The molecule has 1 amide bonds. The molecule has 3 N–H and O–H groups in total. The van der Waals surface area contributed by atoms with Gasteiger partial charge in [-0.3, -0.25) is 4.79 Å². The number of carbonyl (C=O) groups is 1. The minimum atomic E-state index is -0.195. The number of carbonyl (C=O) groups excluding carboxylic acids is 1. The summed E-state index contributed by atoms with van der Waals surface area (Å²) in [5.74, 6) is -0.195. The van der Waals surface area contributed by atoms with Gasteiger partial charge in [0.1, 0.15) is 0 Å². The van der Waals surface area contributed by atoms with Gasteiger partial charge in [-0.05, 0) is 42.5 Å². The van der Waals surface area contributed by atoms with Crippen LogP contribution in [0.1, 0.15) is 10.4 Å². The van der Waals surface area contributed by atoms with Crippen molar-refractivity contribution in [2.75, 3.05) is 11.1 Å². The third kappa shape index (κ3) is 2.98. The van der Waals surface area contributed by atoms with E-state index in [0.29, 0.717) is 22.0 Å². The molecule has 86 valence electrons. The second kappa shape index (κ2) is 4.89. The lowest BCUT2D eigenvalue weighted by molar-refractivity contribution is 0.102. The summed E-state index contributed by atoms with van der Waals surface area (Å²) in [6.07, 6.45) is 0. The largest absolute Gasteiger partial charge is 0.399 e. The Bertz CT molecular complexity index is 537. The predicted octanol–water partition coefficient (Wildman–Crippen LogP) is 3.17. The van der Waals surface area contributed by atoms with Crippen LogP contribution in [-0.2, 0) is 0 Å². The Kier molecular flexibility index (Phi) is 3.30. The van der Waals surface area contributed by atoms with Crippen LogP contribution in [0.2, 0.25) is 5.02 Å². The fraction of sp³-hybridized carbons (Fsp3) is 0. The quantitative estimate of drug-likeness (QED) is 0.800. The lowest BCUT2D eigenvalue weighted by atomic mass is 10.2. The zero-order valence-electron chi connectivity index (χ0n) is 8.98. The van der Waals surface area contributed by atoms with Crippen LogP contribution in [0.4, 0.5) is 11.4 Å². The normalized spacial score (nSPS) is 9.94. The van der Waals surface area contributed by atoms with Crippen molar-refractivity contribution in [1.29, 1.82) is 0 Å². The maximum atomic E-state index is 11.9. The van der Waals surface area contributed by atoms with E-state index in [4.69, 9.17) is 17.3 Å². The maximum Gasteiger partial charge on any atom is 0.255 e. The van der Waals surface area contributed by atoms with Crippen molar-refractivity contribution < 1.29 is 4.79 Å². The molecule has 0 fully saturated rings. The molecule has 0 radical (unpaired) electrons. The molecule has 0 saturated heterocycles. The minimum Gasteiger partial charge on any atom is -0.399 e. The minimum absolute atomic E-state index is 0.195.